The Kier molecular flexibility index (Phi) is 4.94. The molecular formula is C13H19ClN2O. The highest BCUT2D eigenvalue weighted by Crippen LogP contribution is 2.15. The van der Waals surface area contributed by atoms with Crippen molar-refractivity contribution in [3.05, 3.63) is 28.5 Å². The molecule has 4 heteroatoms. The van der Waals surface area contributed by atoms with Gasteiger partial charge in [0.2, 0.25) is 0 Å². The number of nitrogens with zero attached hydrogens (tertiary/aromatic N) is 2. The molecule has 1 heterocycles. The molecule has 1 aromatic heterocycles. The van der Waals surface area contributed by atoms with E-state index >= 15 is 0 Å². The predicted octanol–water partition coefficient (Wildman–Crippen LogP) is 3.30. The van der Waals surface area contributed by atoms with Gasteiger partial charge in [0.05, 0.1) is 0 Å². The van der Waals surface area contributed by atoms with E-state index in [0.717, 1.165) is 18.5 Å². The summed E-state index contributed by atoms with van der Waals surface area (Å²) in [7, 11) is 1.84. The highest BCUT2D eigenvalue weighted by Gasteiger charge is 2.18. The molecule has 0 aliphatic carbocycles. The van der Waals surface area contributed by atoms with E-state index in [-0.39, 0.29) is 11.9 Å². The summed E-state index contributed by atoms with van der Waals surface area (Å²) in [5.41, 5.74) is 1.37. The van der Waals surface area contributed by atoms with Gasteiger partial charge in [-0.25, -0.2) is 4.98 Å². The maximum atomic E-state index is 12.2. The van der Waals surface area contributed by atoms with Crippen LogP contribution in [0.2, 0.25) is 5.15 Å². The molecule has 0 saturated carbocycles. The highest BCUT2D eigenvalue weighted by molar-refractivity contribution is 6.29. The minimum atomic E-state index is 0.00565. The molecule has 1 rings (SSSR count). The van der Waals surface area contributed by atoms with E-state index in [0.29, 0.717) is 10.7 Å². The first-order chi connectivity index (χ1) is 7.99. The zero-order valence-electron chi connectivity index (χ0n) is 10.8. The Balaban J connectivity index is 2.95. The Hall–Kier alpha value is -1.09. The molecule has 0 aliphatic rings. The lowest BCUT2D eigenvalue weighted by Gasteiger charge is -2.26. The van der Waals surface area contributed by atoms with E-state index in [1.807, 2.05) is 14.0 Å². The largest absolute Gasteiger partial charge is 0.339 e. The summed E-state index contributed by atoms with van der Waals surface area (Å²) in [6.45, 7) is 6.01. The van der Waals surface area contributed by atoms with E-state index < -0.39 is 0 Å². The lowest BCUT2D eigenvalue weighted by atomic mass is 10.1. The Morgan fingerprint density at radius 1 is 1.41 bits per heavy atom. The third kappa shape index (κ3) is 3.43. The second kappa shape index (κ2) is 6.01. The summed E-state index contributed by atoms with van der Waals surface area (Å²) in [4.78, 5) is 18.1. The van der Waals surface area contributed by atoms with Crippen LogP contribution in [0.5, 0.6) is 0 Å². The van der Waals surface area contributed by atoms with Gasteiger partial charge < -0.3 is 4.90 Å². The zero-order chi connectivity index (χ0) is 13.0. The summed E-state index contributed by atoms with van der Waals surface area (Å²) in [6.07, 6.45) is 1.91. The van der Waals surface area contributed by atoms with Crippen LogP contribution < -0.4 is 0 Å². The molecular weight excluding hydrogens is 236 g/mol. The van der Waals surface area contributed by atoms with Gasteiger partial charge in [-0.3, -0.25) is 4.79 Å². The van der Waals surface area contributed by atoms with Crippen molar-refractivity contribution in [1.82, 2.24) is 9.88 Å². The summed E-state index contributed by atoms with van der Waals surface area (Å²) in [5.74, 6) is 0.00565. The maximum Gasteiger partial charge on any atom is 0.254 e. The van der Waals surface area contributed by atoms with Crippen LogP contribution in [0.4, 0.5) is 0 Å². The number of aromatic nitrogens is 1. The first kappa shape index (κ1) is 14.0. The number of carbonyl (C=O) groups is 1. The van der Waals surface area contributed by atoms with Gasteiger partial charge in [0, 0.05) is 24.3 Å². The molecule has 0 aliphatic heterocycles. The van der Waals surface area contributed by atoms with E-state index in [9.17, 15) is 4.79 Å². The van der Waals surface area contributed by atoms with E-state index in [2.05, 4.69) is 18.8 Å². The number of carbonyl (C=O) groups excluding carboxylic acids is 1. The normalized spacial score (nSPS) is 10.7. The minimum absolute atomic E-state index is 0.00565. The van der Waals surface area contributed by atoms with Crippen molar-refractivity contribution in [3.8, 4) is 0 Å². The maximum absolute atomic E-state index is 12.2. The molecule has 0 saturated heterocycles. The molecule has 0 spiro atoms. The van der Waals surface area contributed by atoms with E-state index in [4.69, 9.17) is 11.6 Å². The van der Waals surface area contributed by atoms with Gasteiger partial charge >= 0.3 is 0 Å². The number of halogens is 1. The first-order valence-electron chi connectivity index (χ1n) is 5.90. The topological polar surface area (TPSA) is 33.2 Å². The molecule has 0 atom stereocenters. The van der Waals surface area contributed by atoms with Crippen LogP contribution in [0.1, 0.15) is 42.7 Å². The minimum Gasteiger partial charge on any atom is -0.339 e. The predicted molar refractivity (Wildman–Crippen MR) is 70.4 cm³/mol. The number of hydrogen-bond acceptors (Lipinski definition) is 2. The SMILES string of the molecule is CCC(CC)N(C)C(=O)c1cc(C)nc(Cl)c1. The number of aryl methyl sites for hydroxylation is 1. The quantitative estimate of drug-likeness (QED) is 0.773. The van der Waals surface area contributed by atoms with Crippen LogP contribution in [0, 0.1) is 6.92 Å². The van der Waals surface area contributed by atoms with Crippen molar-refractivity contribution in [1.29, 1.82) is 0 Å². The number of hydrogen-bond donors (Lipinski definition) is 0. The second-order valence-corrected chi connectivity index (χ2v) is 4.59. The van der Waals surface area contributed by atoms with Crippen LogP contribution in [0.3, 0.4) is 0 Å². The fraction of sp³-hybridized carbons (Fsp3) is 0.538. The van der Waals surface area contributed by atoms with Crippen molar-refractivity contribution < 1.29 is 4.79 Å². The van der Waals surface area contributed by atoms with Gasteiger partial charge in [-0.15, -0.1) is 0 Å². The summed E-state index contributed by atoms with van der Waals surface area (Å²) in [5, 5.41) is 0.367. The average Bonchev–Trinajstić information content (AvgIpc) is 2.28. The van der Waals surface area contributed by atoms with Crippen molar-refractivity contribution in [2.75, 3.05) is 7.05 Å². The third-order valence-electron chi connectivity index (χ3n) is 2.98. The van der Waals surface area contributed by atoms with Crippen LogP contribution in [0.15, 0.2) is 12.1 Å². The Morgan fingerprint density at radius 2 is 2.00 bits per heavy atom. The lowest BCUT2D eigenvalue weighted by molar-refractivity contribution is 0.0723. The van der Waals surface area contributed by atoms with Crippen LogP contribution in [0.25, 0.3) is 0 Å². The summed E-state index contributed by atoms with van der Waals surface area (Å²) < 4.78 is 0. The summed E-state index contributed by atoms with van der Waals surface area (Å²) >= 11 is 5.86. The fourth-order valence-electron chi connectivity index (χ4n) is 1.96. The average molecular weight is 255 g/mol. The Morgan fingerprint density at radius 3 is 2.47 bits per heavy atom. The highest BCUT2D eigenvalue weighted by atomic mass is 35.5. The molecule has 0 aromatic carbocycles. The standard InChI is InChI=1S/C13H19ClN2O/c1-5-11(6-2)16(4)13(17)10-7-9(3)15-12(14)8-10/h7-8,11H,5-6H2,1-4H3. The van der Waals surface area contributed by atoms with Gasteiger partial charge in [0.25, 0.3) is 5.91 Å². The van der Waals surface area contributed by atoms with E-state index in [1.165, 1.54) is 0 Å². The molecule has 1 aromatic rings. The molecule has 3 nitrogen and oxygen atoms in total. The number of rotatable bonds is 4. The fourth-order valence-corrected chi connectivity index (χ4v) is 2.21. The van der Waals surface area contributed by atoms with Gasteiger partial charge in [0.15, 0.2) is 0 Å². The zero-order valence-corrected chi connectivity index (χ0v) is 11.6. The Labute approximate surface area is 108 Å². The molecule has 0 N–H and O–H groups in total. The van der Waals surface area contributed by atoms with Gasteiger partial charge in [0.1, 0.15) is 5.15 Å². The number of pyridine rings is 1. The molecule has 0 fully saturated rings. The van der Waals surface area contributed by atoms with Gasteiger partial charge in [-0.1, -0.05) is 25.4 Å². The van der Waals surface area contributed by atoms with Gasteiger partial charge in [-0.05, 0) is 31.9 Å². The van der Waals surface area contributed by atoms with Gasteiger partial charge in [-0.2, -0.15) is 0 Å². The third-order valence-corrected chi connectivity index (χ3v) is 3.17. The first-order valence-corrected chi connectivity index (χ1v) is 6.28. The summed E-state index contributed by atoms with van der Waals surface area (Å²) in [6, 6.07) is 3.66. The molecule has 17 heavy (non-hydrogen) atoms. The van der Waals surface area contributed by atoms with E-state index in [1.54, 1.807) is 17.0 Å². The number of amides is 1. The molecule has 0 unspecified atom stereocenters. The smallest absolute Gasteiger partial charge is 0.254 e. The lowest BCUT2D eigenvalue weighted by Crippen LogP contribution is -2.36. The van der Waals surface area contributed by atoms with Crippen molar-refractivity contribution in [2.45, 2.75) is 39.7 Å². The van der Waals surface area contributed by atoms with Crippen molar-refractivity contribution in [2.24, 2.45) is 0 Å². The molecule has 94 valence electrons. The monoisotopic (exact) mass is 254 g/mol. The van der Waals surface area contributed by atoms with Crippen LogP contribution >= 0.6 is 11.6 Å². The van der Waals surface area contributed by atoms with Crippen molar-refractivity contribution in [3.63, 3.8) is 0 Å². The Bertz CT molecular complexity index is 382. The molecule has 0 radical (unpaired) electrons. The van der Waals surface area contributed by atoms with Crippen LogP contribution in [-0.2, 0) is 0 Å². The molecule has 1 amide bonds. The second-order valence-electron chi connectivity index (χ2n) is 4.21. The molecule has 0 bridgehead atoms. The van der Waals surface area contributed by atoms with Crippen molar-refractivity contribution >= 4 is 17.5 Å². The van der Waals surface area contributed by atoms with Crippen LogP contribution in [-0.4, -0.2) is 28.9 Å².